The number of hydrogen-bond acceptors (Lipinski definition) is 4. The average molecular weight is 367 g/mol. The largest absolute Gasteiger partial charge is 0.366 e. The van der Waals surface area contributed by atoms with Gasteiger partial charge in [-0.1, -0.05) is 48.0 Å². The maximum Gasteiger partial charge on any atom is 0.270 e. The summed E-state index contributed by atoms with van der Waals surface area (Å²) in [6, 6.07) is 17.1. The molecule has 2 aromatic carbocycles. The van der Waals surface area contributed by atoms with Crippen molar-refractivity contribution in [3.05, 3.63) is 88.3 Å². The quantitative estimate of drug-likeness (QED) is 0.692. The van der Waals surface area contributed by atoms with Gasteiger partial charge >= 0.3 is 0 Å². The summed E-state index contributed by atoms with van der Waals surface area (Å²) in [7, 11) is 0. The van der Waals surface area contributed by atoms with Crippen LogP contribution in [0.4, 0.5) is 5.82 Å². The fraction of sp³-hybridized carbons (Fsp3) is 0.150. The van der Waals surface area contributed by atoms with E-state index < -0.39 is 0 Å². The molecule has 0 fully saturated rings. The first-order valence-electron chi connectivity index (χ1n) is 8.25. The third kappa shape index (κ3) is 4.80. The molecule has 1 amide bonds. The van der Waals surface area contributed by atoms with Crippen molar-refractivity contribution in [3.63, 3.8) is 0 Å². The Kier molecular flexibility index (Phi) is 5.81. The first-order valence-corrected chi connectivity index (χ1v) is 8.62. The Balaban J connectivity index is 1.60. The minimum Gasteiger partial charge on any atom is -0.366 e. The number of benzene rings is 2. The van der Waals surface area contributed by atoms with Gasteiger partial charge in [-0.3, -0.25) is 4.79 Å². The van der Waals surface area contributed by atoms with Crippen LogP contribution in [-0.2, 0) is 13.1 Å². The highest BCUT2D eigenvalue weighted by Crippen LogP contribution is 2.12. The Morgan fingerprint density at radius 2 is 1.81 bits per heavy atom. The number of carbonyl (C=O) groups excluding carboxylic acids is 1. The first kappa shape index (κ1) is 17.9. The molecule has 1 aromatic heterocycles. The van der Waals surface area contributed by atoms with Crippen LogP contribution in [0.5, 0.6) is 0 Å². The standard InChI is InChI=1S/C20H19ClN4O/c1-14-4-2-3-5-16(14)12-23-20(26)18-10-19(25-13-24-18)22-11-15-6-8-17(21)9-7-15/h2-10,13H,11-12H2,1H3,(H,23,26)(H,22,24,25). The zero-order valence-corrected chi connectivity index (χ0v) is 15.1. The molecule has 0 radical (unpaired) electrons. The molecule has 2 N–H and O–H groups in total. The van der Waals surface area contributed by atoms with Crippen molar-refractivity contribution in [2.24, 2.45) is 0 Å². The number of nitrogens with zero attached hydrogens (tertiary/aromatic N) is 2. The molecular weight excluding hydrogens is 348 g/mol. The van der Waals surface area contributed by atoms with Crippen LogP contribution in [0.2, 0.25) is 5.02 Å². The van der Waals surface area contributed by atoms with E-state index in [2.05, 4.69) is 20.6 Å². The molecule has 0 aliphatic carbocycles. The van der Waals surface area contributed by atoms with E-state index in [1.54, 1.807) is 6.07 Å². The van der Waals surface area contributed by atoms with E-state index in [0.29, 0.717) is 29.6 Å². The number of rotatable bonds is 6. The summed E-state index contributed by atoms with van der Waals surface area (Å²) in [5, 5.41) is 6.77. The molecule has 5 nitrogen and oxygen atoms in total. The van der Waals surface area contributed by atoms with Crippen molar-refractivity contribution in [2.45, 2.75) is 20.0 Å². The van der Waals surface area contributed by atoms with Gasteiger partial charge in [-0.2, -0.15) is 0 Å². The van der Waals surface area contributed by atoms with Crippen LogP contribution in [0.1, 0.15) is 27.2 Å². The Morgan fingerprint density at radius 3 is 2.58 bits per heavy atom. The number of hydrogen-bond donors (Lipinski definition) is 2. The number of aromatic nitrogens is 2. The fourth-order valence-corrected chi connectivity index (χ4v) is 2.57. The molecule has 26 heavy (non-hydrogen) atoms. The van der Waals surface area contributed by atoms with Gasteiger partial charge in [-0.05, 0) is 35.7 Å². The van der Waals surface area contributed by atoms with Crippen LogP contribution in [0.3, 0.4) is 0 Å². The van der Waals surface area contributed by atoms with Crippen molar-refractivity contribution >= 4 is 23.3 Å². The molecule has 0 saturated carbocycles. The fourth-order valence-electron chi connectivity index (χ4n) is 2.45. The Bertz CT molecular complexity index is 896. The second-order valence-corrected chi connectivity index (χ2v) is 6.31. The number of carbonyl (C=O) groups is 1. The maximum atomic E-state index is 12.3. The lowest BCUT2D eigenvalue weighted by Crippen LogP contribution is -2.24. The van der Waals surface area contributed by atoms with Gasteiger partial charge in [-0.25, -0.2) is 9.97 Å². The van der Waals surface area contributed by atoms with Gasteiger partial charge in [0.2, 0.25) is 0 Å². The molecule has 132 valence electrons. The smallest absolute Gasteiger partial charge is 0.270 e. The second kappa shape index (κ2) is 8.45. The third-order valence-electron chi connectivity index (χ3n) is 3.99. The summed E-state index contributed by atoms with van der Waals surface area (Å²) < 4.78 is 0. The van der Waals surface area contributed by atoms with E-state index in [0.717, 1.165) is 16.7 Å². The molecule has 0 spiro atoms. The van der Waals surface area contributed by atoms with Gasteiger partial charge in [0, 0.05) is 24.2 Å². The molecule has 0 atom stereocenters. The molecule has 0 bridgehead atoms. The highest BCUT2D eigenvalue weighted by Gasteiger charge is 2.09. The summed E-state index contributed by atoms with van der Waals surface area (Å²) in [4.78, 5) is 20.6. The first-order chi connectivity index (χ1) is 12.6. The van der Waals surface area contributed by atoms with E-state index >= 15 is 0 Å². The number of halogens is 1. The van der Waals surface area contributed by atoms with Crippen LogP contribution in [0.15, 0.2) is 60.9 Å². The summed E-state index contributed by atoms with van der Waals surface area (Å²) in [6.45, 7) is 3.06. The Labute approximate surface area is 157 Å². The predicted molar refractivity (Wildman–Crippen MR) is 103 cm³/mol. The van der Waals surface area contributed by atoms with Gasteiger partial charge < -0.3 is 10.6 Å². The van der Waals surface area contributed by atoms with E-state index in [1.807, 2.05) is 55.5 Å². The van der Waals surface area contributed by atoms with Gasteiger partial charge in [0.25, 0.3) is 5.91 Å². The minimum absolute atomic E-state index is 0.231. The van der Waals surface area contributed by atoms with Crippen molar-refractivity contribution in [3.8, 4) is 0 Å². The second-order valence-electron chi connectivity index (χ2n) is 5.88. The van der Waals surface area contributed by atoms with Crippen molar-refractivity contribution in [2.75, 3.05) is 5.32 Å². The van der Waals surface area contributed by atoms with E-state index in [9.17, 15) is 4.79 Å². The highest BCUT2D eigenvalue weighted by atomic mass is 35.5. The van der Waals surface area contributed by atoms with Gasteiger partial charge in [0.15, 0.2) is 0 Å². The molecular formula is C20H19ClN4O. The van der Waals surface area contributed by atoms with E-state index in [-0.39, 0.29) is 5.91 Å². The summed E-state index contributed by atoms with van der Waals surface area (Å²) in [5.41, 5.74) is 3.61. The number of amides is 1. The lowest BCUT2D eigenvalue weighted by molar-refractivity contribution is 0.0945. The lowest BCUT2D eigenvalue weighted by Gasteiger charge is -2.09. The molecule has 0 unspecified atom stereocenters. The average Bonchev–Trinajstić information content (AvgIpc) is 2.67. The van der Waals surface area contributed by atoms with Crippen LogP contribution in [0.25, 0.3) is 0 Å². The number of anilines is 1. The molecule has 3 rings (SSSR count). The minimum atomic E-state index is -0.231. The van der Waals surface area contributed by atoms with Crippen LogP contribution < -0.4 is 10.6 Å². The molecule has 6 heteroatoms. The van der Waals surface area contributed by atoms with Crippen molar-refractivity contribution < 1.29 is 4.79 Å². The lowest BCUT2D eigenvalue weighted by atomic mass is 10.1. The van der Waals surface area contributed by atoms with Gasteiger partial charge in [0.1, 0.15) is 17.8 Å². The highest BCUT2D eigenvalue weighted by molar-refractivity contribution is 6.30. The normalized spacial score (nSPS) is 10.4. The molecule has 0 saturated heterocycles. The number of nitrogens with one attached hydrogen (secondary N) is 2. The molecule has 0 aliphatic heterocycles. The zero-order valence-electron chi connectivity index (χ0n) is 14.4. The van der Waals surface area contributed by atoms with Crippen molar-refractivity contribution in [1.29, 1.82) is 0 Å². The zero-order chi connectivity index (χ0) is 18.4. The Hall–Kier alpha value is -2.92. The van der Waals surface area contributed by atoms with Crippen LogP contribution in [0, 0.1) is 6.92 Å². The van der Waals surface area contributed by atoms with E-state index in [4.69, 9.17) is 11.6 Å². The van der Waals surface area contributed by atoms with Crippen LogP contribution in [-0.4, -0.2) is 15.9 Å². The topological polar surface area (TPSA) is 66.9 Å². The monoisotopic (exact) mass is 366 g/mol. The third-order valence-corrected chi connectivity index (χ3v) is 4.24. The summed E-state index contributed by atoms with van der Waals surface area (Å²) in [5.74, 6) is 0.362. The van der Waals surface area contributed by atoms with Gasteiger partial charge in [-0.15, -0.1) is 0 Å². The van der Waals surface area contributed by atoms with Crippen LogP contribution >= 0.6 is 11.6 Å². The predicted octanol–water partition coefficient (Wildman–Crippen LogP) is 3.98. The summed E-state index contributed by atoms with van der Waals surface area (Å²) in [6.07, 6.45) is 1.38. The van der Waals surface area contributed by atoms with Gasteiger partial charge in [0.05, 0.1) is 0 Å². The summed E-state index contributed by atoms with van der Waals surface area (Å²) >= 11 is 5.88. The van der Waals surface area contributed by atoms with Crippen molar-refractivity contribution in [1.82, 2.24) is 15.3 Å². The molecule has 1 heterocycles. The maximum absolute atomic E-state index is 12.3. The molecule has 0 aliphatic rings. The van der Waals surface area contributed by atoms with E-state index in [1.165, 1.54) is 6.33 Å². The SMILES string of the molecule is Cc1ccccc1CNC(=O)c1cc(NCc2ccc(Cl)cc2)ncn1. The Morgan fingerprint density at radius 1 is 1.04 bits per heavy atom. The molecule has 3 aromatic rings. The number of aryl methyl sites for hydroxylation is 1.